The van der Waals surface area contributed by atoms with Crippen LogP contribution in [0, 0.1) is 5.92 Å². The Morgan fingerprint density at radius 3 is 2.36 bits per heavy atom. The van der Waals surface area contributed by atoms with Crippen LogP contribution in [0.2, 0.25) is 0 Å². The van der Waals surface area contributed by atoms with Gasteiger partial charge in [0.25, 0.3) is 0 Å². The van der Waals surface area contributed by atoms with E-state index in [1.54, 1.807) is 14.1 Å². The van der Waals surface area contributed by atoms with Crippen LogP contribution in [-0.4, -0.2) is 45.8 Å². The van der Waals surface area contributed by atoms with Gasteiger partial charge in [0.15, 0.2) is 0 Å². The lowest BCUT2D eigenvalue weighted by Gasteiger charge is -2.22. The van der Waals surface area contributed by atoms with E-state index in [1.807, 2.05) is 0 Å². The predicted octanol–water partition coefficient (Wildman–Crippen LogP) is 0.694. The zero-order valence-electron chi connectivity index (χ0n) is 8.90. The van der Waals surface area contributed by atoms with E-state index in [0.29, 0.717) is 5.92 Å². The summed E-state index contributed by atoms with van der Waals surface area (Å²) in [5, 5.41) is 0. The molecule has 0 spiro atoms. The lowest BCUT2D eigenvalue weighted by molar-refractivity contribution is 0.0655. The summed E-state index contributed by atoms with van der Waals surface area (Å²) in [4.78, 5) is 0. The summed E-state index contributed by atoms with van der Waals surface area (Å²) in [5.74, 6) is 0.795. The molecular formula is C9H19NO3S. The van der Waals surface area contributed by atoms with E-state index in [0.717, 1.165) is 32.5 Å². The number of nitrogens with zero attached hydrogens (tertiary/aromatic N) is 1. The number of ether oxygens (including phenoxy) is 1. The number of rotatable bonds is 4. The molecule has 0 bridgehead atoms. The molecule has 1 aliphatic rings. The number of hydrogen-bond acceptors (Lipinski definition) is 3. The molecule has 0 aromatic rings. The van der Waals surface area contributed by atoms with Crippen molar-refractivity contribution in [1.29, 1.82) is 0 Å². The summed E-state index contributed by atoms with van der Waals surface area (Å²) in [6, 6.07) is 0. The Bertz CT molecular complexity index is 255. The molecule has 4 nitrogen and oxygen atoms in total. The average molecular weight is 221 g/mol. The minimum absolute atomic E-state index is 0.269. The first kappa shape index (κ1) is 11.9. The van der Waals surface area contributed by atoms with Crippen molar-refractivity contribution in [2.75, 3.05) is 33.1 Å². The van der Waals surface area contributed by atoms with E-state index in [-0.39, 0.29) is 5.75 Å². The van der Waals surface area contributed by atoms with E-state index in [2.05, 4.69) is 0 Å². The molecule has 1 rings (SSSR count). The van der Waals surface area contributed by atoms with Crippen LogP contribution >= 0.6 is 0 Å². The highest BCUT2D eigenvalue weighted by molar-refractivity contribution is 7.89. The van der Waals surface area contributed by atoms with Crippen LogP contribution < -0.4 is 0 Å². The SMILES string of the molecule is CN(C)S(=O)(=O)CCC1CCOCC1. The summed E-state index contributed by atoms with van der Waals surface area (Å²) >= 11 is 0. The van der Waals surface area contributed by atoms with Gasteiger partial charge in [-0.25, -0.2) is 12.7 Å². The molecule has 0 aromatic carbocycles. The zero-order valence-corrected chi connectivity index (χ0v) is 9.72. The first-order valence-electron chi connectivity index (χ1n) is 5.00. The molecule has 5 heteroatoms. The smallest absolute Gasteiger partial charge is 0.213 e. The minimum Gasteiger partial charge on any atom is -0.381 e. The molecule has 0 aliphatic carbocycles. The number of sulfonamides is 1. The summed E-state index contributed by atoms with van der Waals surface area (Å²) in [6.45, 7) is 1.57. The fourth-order valence-corrected chi connectivity index (χ4v) is 2.53. The molecule has 84 valence electrons. The Kier molecular flexibility index (Phi) is 4.34. The average Bonchev–Trinajstić information content (AvgIpc) is 2.16. The van der Waals surface area contributed by atoms with Gasteiger partial charge in [0, 0.05) is 27.3 Å². The summed E-state index contributed by atoms with van der Waals surface area (Å²) < 4.78 is 29.5. The van der Waals surface area contributed by atoms with Gasteiger partial charge < -0.3 is 4.74 Å². The monoisotopic (exact) mass is 221 g/mol. The molecule has 1 aliphatic heterocycles. The van der Waals surface area contributed by atoms with Crippen LogP contribution in [-0.2, 0) is 14.8 Å². The van der Waals surface area contributed by atoms with Gasteiger partial charge in [-0.3, -0.25) is 0 Å². The van der Waals surface area contributed by atoms with Crippen LogP contribution in [0.15, 0.2) is 0 Å². The van der Waals surface area contributed by atoms with Gasteiger partial charge in [-0.05, 0) is 25.2 Å². The second kappa shape index (κ2) is 5.09. The molecule has 1 saturated heterocycles. The van der Waals surface area contributed by atoms with Crippen LogP contribution in [0.3, 0.4) is 0 Å². The Hall–Kier alpha value is -0.130. The fourth-order valence-electron chi connectivity index (χ4n) is 1.53. The van der Waals surface area contributed by atoms with Crippen molar-refractivity contribution >= 4 is 10.0 Å². The predicted molar refractivity (Wildman–Crippen MR) is 55.6 cm³/mol. The standard InChI is InChI=1S/C9H19NO3S/c1-10(2)14(11,12)8-5-9-3-6-13-7-4-9/h9H,3-8H2,1-2H3. The summed E-state index contributed by atoms with van der Waals surface area (Å²) in [6.07, 6.45) is 2.77. The molecule has 0 amide bonds. The van der Waals surface area contributed by atoms with Crippen molar-refractivity contribution in [3.8, 4) is 0 Å². The molecule has 0 saturated carbocycles. The quantitative estimate of drug-likeness (QED) is 0.702. The third-order valence-electron chi connectivity index (χ3n) is 2.68. The van der Waals surface area contributed by atoms with Crippen LogP contribution in [0.25, 0.3) is 0 Å². The zero-order chi connectivity index (χ0) is 10.6. The molecular weight excluding hydrogens is 202 g/mol. The molecule has 0 atom stereocenters. The van der Waals surface area contributed by atoms with Crippen molar-refractivity contribution in [3.05, 3.63) is 0 Å². The molecule has 14 heavy (non-hydrogen) atoms. The van der Waals surface area contributed by atoms with Crippen molar-refractivity contribution < 1.29 is 13.2 Å². The third kappa shape index (κ3) is 3.55. The molecule has 0 radical (unpaired) electrons. The van der Waals surface area contributed by atoms with Crippen molar-refractivity contribution in [2.24, 2.45) is 5.92 Å². The normalized spacial score (nSPS) is 20.2. The van der Waals surface area contributed by atoms with Crippen molar-refractivity contribution in [2.45, 2.75) is 19.3 Å². The van der Waals surface area contributed by atoms with Gasteiger partial charge in [-0.2, -0.15) is 0 Å². The van der Waals surface area contributed by atoms with E-state index in [4.69, 9.17) is 4.74 Å². The maximum Gasteiger partial charge on any atom is 0.213 e. The first-order chi connectivity index (χ1) is 6.52. The molecule has 1 fully saturated rings. The third-order valence-corrected chi connectivity index (χ3v) is 4.55. The Labute approximate surface area is 86.3 Å². The van der Waals surface area contributed by atoms with Gasteiger partial charge >= 0.3 is 0 Å². The van der Waals surface area contributed by atoms with Gasteiger partial charge in [-0.15, -0.1) is 0 Å². The Morgan fingerprint density at radius 1 is 1.29 bits per heavy atom. The Morgan fingerprint density at radius 2 is 1.86 bits per heavy atom. The van der Waals surface area contributed by atoms with E-state index >= 15 is 0 Å². The number of hydrogen-bond donors (Lipinski definition) is 0. The van der Waals surface area contributed by atoms with Crippen molar-refractivity contribution in [1.82, 2.24) is 4.31 Å². The summed E-state index contributed by atoms with van der Waals surface area (Å²) in [7, 11) is 0.160. The van der Waals surface area contributed by atoms with Gasteiger partial charge in [0.1, 0.15) is 0 Å². The van der Waals surface area contributed by atoms with Crippen LogP contribution in [0.1, 0.15) is 19.3 Å². The second-order valence-electron chi connectivity index (χ2n) is 3.94. The maximum atomic E-state index is 11.5. The van der Waals surface area contributed by atoms with E-state index < -0.39 is 10.0 Å². The second-order valence-corrected chi connectivity index (χ2v) is 6.25. The lowest BCUT2D eigenvalue weighted by Crippen LogP contribution is -2.27. The summed E-state index contributed by atoms with van der Waals surface area (Å²) in [5.41, 5.74) is 0. The topological polar surface area (TPSA) is 46.6 Å². The minimum atomic E-state index is -3.01. The van der Waals surface area contributed by atoms with Crippen molar-refractivity contribution in [3.63, 3.8) is 0 Å². The molecule has 0 unspecified atom stereocenters. The molecule has 0 N–H and O–H groups in total. The van der Waals surface area contributed by atoms with Crippen LogP contribution in [0.5, 0.6) is 0 Å². The lowest BCUT2D eigenvalue weighted by atomic mass is 9.98. The van der Waals surface area contributed by atoms with Gasteiger partial charge in [0.2, 0.25) is 10.0 Å². The molecule has 1 heterocycles. The highest BCUT2D eigenvalue weighted by Crippen LogP contribution is 2.19. The van der Waals surface area contributed by atoms with Gasteiger partial charge in [-0.1, -0.05) is 0 Å². The van der Waals surface area contributed by atoms with Gasteiger partial charge in [0.05, 0.1) is 5.75 Å². The maximum absolute atomic E-state index is 11.5. The van der Waals surface area contributed by atoms with E-state index in [1.165, 1.54) is 4.31 Å². The van der Waals surface area contributed by atoms with Crippen LogP contribution in [0.4, 0.5) is 0 Å². The first-order valence-corrected chi connectivity index (χ1v) is 6.61. The van der Waals surface area contributed by atoms with E-state index in [9.17, 15) is 8.42 Å². The fraction of sp³-hybridized carbons (Fsp3) is 1.00. The highest BCUT2D eigenvalue weighted by atomic mass is 32.2. The molecule has 0 aromatic heterocycles. The highest BCUT2D eigenvalue weighted by Gasteiger charge is 2.19. The largest absolute Gasteiger partial charge is 0.381 e. The Balaban J connectivity index is 2.32.